The van der Waals surface area contributed by atoms with Crippen molar-refractivity contribution in [3.63, 3.8) is 0 Å². The molecule has 0 fully saturated rings. The van der Waals surface area contributed by atoms with Crippen molar-refractivity contribution in [3.8, 4) is 0 Å². The Balaban J connectivity index is 0. The first-order valence-corrected chi connectivity index (χ1v) is 0. The number of rotatable bonds is 0. The first kappa shape index (κ1) is 22.8. The van der Waals surface area contributed by atoms with Crippen molar-refractivity contribution in [2.45, 2.75) is 0 Å². The van der Waals surface area contributed by atoms with Gasteiger partial charge < -0.3 is 9.99 Å². The van der Waals surface area contributed by atoms with Crippen LogP contribution in [0.3, 0.4) is 0 Å². The van der Waals surface area contributed by atoms with Gasteiger partial charge in [-0.3, -0.25) is 0 Å². The van der Waals surface area contributed by atoms with Crippen LogP contribution in [0, 0.1) is 0 Å². The Labute approximate surface area is 166 Å². The fraction of sp³-hybridized carbons (Fsp3) is 0. The molecule has 0 amide bonds. The molecular formula is H7BaCaNaSr. The maximum atomic E-state index is 0. The third kappa shape index (κ3) is 10.3. The number of hydrogen-bond acceptors (Lipinski definition) is 0. The summed E-state index contributed by atoms with van der Waals surface area (Å²) in [5, 5.41) is 0. The van der Waals surface area contributed by atoms with Gasteiger partial charge in [0.05, 0.1) is 0 Å². The van der Waals surface area contributed by atoms with Gasteiger partial charge in [-0.2, -0.15) is 0 Å². The van der Waals surface area contributed by atoms with Gasteiger partial charge in [-0.05, 0) is 0 Å². The van der Waals surface area contributed by atoms with E-state index in [1.165, 1.54) is 0 Å². The first-order chi connectivity index (χ1) is 0. The van der Waals surface area contributed by atoms with Gasteiger partial charge >= 0.3 is 162 Å². The zero-order valence-corrected chi connectivity index (χ0v) is 15.2. The van der Waals surface area contributed by atoms with E-state index in [4.69, 9.17) is 0 Å². The molecule has 0 aromatic carbocycles. The maximum absolute atomic E-state index is 0. The second-order valence-electron chi connectivity index (χ2n) is 0. The maximum Gasteiger partial charge on any atom is 2.00 e. The van der Waals surface area contributed by atoms with Crippen LogP contribution in [-0.4, -0.2) is 132 Å². The summed E-state index contributed by atoms with van der Waals surface area (Å²) in [6.07, 6.45) is 0. The predicted molar refractivity (Wildman–Crippen MR) is 25.0 cm³/mol. The van der Waals surface area contributed by atoms with Crippen LogP contribution in [0.1, 0.15) is 9.99 Å². The molecule has 0 heterocycles. The minimum Gasteiger partial charge on any atom is -1.00 e. The van der Waals surface area contributed by atoms with E-state index in [9.17, 15) is 0 Å². The van der Waals surface area contributed by atoms with Crippen molar-refractivity contribution < 1.29 is 39.5 Å². The molecule has 0 saturated heterocycles. The van der Waals surface area contributed by atoms with Crippen molar-refractivity contribution in [3.05, 3.63) is 0 Å². The van der Waals surface area contributed by atoms with Gasteiger partial charge in [0.1, 0.15) is 0 Å². The van der Waals surface area contributed by atoms with Gasteiger partial charge in [0, 0.05) is 0 Å². The Morgan fingerprint density at radius 3 is 1.25 bits per heavy atom. The van der Waals surface area contributed by atoms with E-state index in [1.54, 1.807) is 0 Å². The summed E-state index contributed by atoms with van der Waals surface area (Å²) in [6, 6.07) is 0. The van der Waals surface area contributed by atoms with Crippen LogP contribution < -0.4 is 29.6 Å². The normalized spacial score (nSPS) is 0. The van der Waals surface area contributed by atoms with Crippen molar-refractivity contribution in [2.24, 2.45) is 0 Å². The summed E-state index contributed by atoms with van der Waals surface area (Å²) >= 11 is 0. The van der Waals surface area contributed by atoms with Crippen molar-refractivity contribution in [2.75, 3.05) is 0 Å². The molecule has 0 rings (SSSR count). The molecule has 0 aromatic heterocycles. The Bertz CT molecular complexity index is 18.4. The van der Waals surface area contributed by atoms with Crippen LogP contribution in [0.15, 0.2) is 0 Å². The molecule has 0 spiro atoms. The molecule has 14 valence electrons. The average Bonchev–Trinajstić information content (AvgIpc) is 0. The Kier molecular flexibility index (Phi) is 89.8. The van der Waals surface area contributed by atoms with Crippen molar-refractivity contribution in [1.29, 1.82) is 0 Å². The monoisotopic (exact) mass is 296 g/mol. The van der Waals surface area contributed by atoms with Gasteiger partial charge in [0.15, 0.2) is 0 Å². The Morgan fingerprint density at radius 2 is 1.25 bits per heavy atom. The summed E-state index contributed by atoms with van der Waals surface area (Å²) in [5.74, 6) is 0. The molecule has 0 saturated carbocycles. The van der Waals surface area contributed by atoms with E-state index < -0.39 is 0 Å². The van der Waals surface area contributed by atoms with E-state index in [0.29, 0.717) is 0 Å². The third-order valence-electron chi connectivity index (χ3n) is 0. The molecule has 0 aliphatic rings. The summed E-state index contributed by atoms with van der Waals surface area (Å²) in [4.78, 5) is 0. The topological polar surface area (TPSA) is 0 Å². The molecule has 0 bridgehead atoms. The quantitative estimate of drug-likeness (QED) is 0.410. The fourth-order valence-electron chi connectivity index (χ4n) is 0. The standard InChI is InChI=1S/Ba.Ca.Na.Sr.7H/q2*+2;+1;+2;7*-1. The molecule has 4 heteroatoms. The minimum absolute atomic E-state index is 0. The largest absolute Gasteiger partial charge is 2.00 e. The summed E-state index contributed by atoms with van der Waals surface area (Å²) in [5.41, 5.74) is 0. The van der Waals surface area contributed by atoms with E-state index in [2.05, 4.69) is 0 Å². The third-order valence-corrected chi connectivity index (χ3v) is 0. The molecule has 0 radical (unpaired) electrons. The van der Waals surface area contributed by atoms with E-state index in [1.807, 2.05) is 0 Å². The van der Waals surface area contributed by atoms with Gasteiger partial charge in [-0.25, -0.2) is 0 Å². The van der Waals surface area contributed by atoms with Gasteiger partial charge in [-0.15, -0.1) is 0 Å². The van der Waals surface area contributed by atoms with Crippen LogP contribution >= 0.6 is 0 Å². The second-order valence-corrected chi connectivity index (χ2v) is 0. The van der Waals surface area contributed by atoms with Crippen LogP contribution in [0.25, 0.3) is 0 Å². The predicted octanol–water partition coefficient (Wildman–Crippen LogP) is -3.35. The van der Waals surface area contributed by atoms with Gasteiger partial charge in [-0.1, -0.05) is 0 Å². The molecule has 0 atom stereocenters. The number of hydrogen-bond donors (Lipinski definition) is 0. The summed E-state index contributed by atoms with van der Waals surface area (Å²) < 4.78 is 0. The zero-order valence-electron chi connectivity index (χ0n) is 10.1. The molecule has 0 nitrogen and oxygen atoms in total. The van der Waals surface area contributed by atoms with E-state index in [-0.39, 0.29) is 172 Å². The summed E-state index contributed by atoms with van der Waals surface area (Å²) in [6.45, 7) is 0. The summed E-state index contributed by atoms with van der Waals surface area (Å²) in [7, 11) is 0. The van der Waals surface area contributed by atoms with Crippen LogP contribution in [-0.2, 0) is 0 Å². The van der Waals surface area contributed by atoms with Crippen LogP contribution in [0.5, 0.6) is 0 Å². The molecular weight excluding hydrogens is 288 g/mol. The van der Waals surface area contributed by atoms with E-state index in [0.717, 1.165) is 0 Å². The molecule has 0 aliphatic carbocycles. The van der Waals surface area contributed by atoms with Gasteiger partial charge in [0.2, 0.25) is 0 Å². The first-order valence-electron chi connectivity index (χ1n) is 0. The van der Waals surface area contributed by atoms with Crippen LogP contribution in [0.4, 0.5) is 0 Å². The van der Waals surface area contributed by atoms with E-state index >= 15 is 0 Å². The Hall–Kier alpha value is 5.31. The smallest absolute Gasteiger partial charge is 1.00 e. The SMILES string of the molecule is [Ba+2].[Ca+2].[H-].[H-].[H-].[H-].[H-].[H-].[H-].[Na+].[Sr+2]. The molecule has 0 N–H and O–H groups in total. The molecule has 0 unspecified atom stereocenters. The van der Waals surface area contributed by atoms with Gasteiger partial charge in [0.25, 0.3) is 0 Å². The zero-order chi connectivity index (χ0) is 0. The molecule has 4 heavy (non-hydrogen) atoms. The Morgan fingerprint density at radius 1 is 1.25 bits per heavy atom. The average molecular weight is 295 g/mol. The second kappa shape index (κ2) is 15.7. The molecule has 0 aromatic rings. The van der Waals surface area contributed by atoms with Crippen molar-refractivity contribution >= 4 is 132 Å². The molecule has 0 aliphatic heterocycles. The minimum atomic E-state index is 0. The van der Waals surface area contributed by atoms with Crippen molar-refractivity contribution in [1.82, 2.24) is 0 Å². The van der Waals surface area contributed by atoms with Crippen LogP contribution in [0.2, 0.25) is 0 Å². The fourth-order valence-corrected chi connectivity index (χ4v) is 0.